The molecule has 0 N–H and O–H groups in total. The molecule has 16 heavy (non-hydrogen) atoms. The number of Topliss-reactive ketones (excluding diaryl/α,β-unsaturated/α-hetero) is 1. The summed E-state index contributed by atoms with van der Waals surface area (Å²) in [7, 11) is 0. The minimum atomic E-state index is 0.452. The molecule has 0 aromatic heterocycles. The number of fused-ring (bicyclic) bond motifs is 2. The van der Waals surface area contributed by atoms with Gasteiger partial charge in [0.2, 0.25) is 0 Å². The highest BCUT2D eigenvalue weighted by Crippen LogP contribution is 2.31. The maximum Gasteiger partial charge on any atom is 0.133 e. The van der Waals surface area contributed by atoms with Crippen LogP contribution in [0.25, 0.3) is 11.6 Å². The number of carbonyl (C=O) groups excluding carboxylic acids is 1. The summed E-state index contributed by atoms with van der Waals surface area (Å²) < 4.78 is 0. The van der Waals surface area contributed by atoms with Crippen molar-refractivity contribution in [1.29, 1.82) is 0 Å². The Bertz CT molecular complexity index is 539. The van der Waals surface area contributed by atoms with E-state index >= 15 is 0 Å². The first-order valence-corrected chi connectivity index (χ1v) is 6.14. The molecule has 2 aliphatic rings. The van der Waals surface area contributed by atoms with E-state index in [-0.39, 0.29) is 0 Å². The van der Waals surface area contributed by atoms with Crippen LogP contribution in [-0.4, -0.2) is 5.78 Å². The van der Waals surface area contributed by atoms with Gasteiger partial charge in [-0.3, -0.25) is 4.79 Å². The highest BCUT2D eigenvalue weighted by atomic mass is 16.1. The van der Waals surface area contributed by atoms with Crippen molar-refractivity contribution in [1.82, 2.24) is 0 Å². The third-order valence-corrected chi connectivity index (χ3v) is 3.83. The Labute approximate surface area is 95.5 Å². The van der Waals surface area contributed by atoms with Gasteiger partial charge in [-0.05, 0) is 35.6 Å². The van der Waals surface area contributed by atoms with E-state index in [0.29, 0.717) is 11.7 Å². The molecule has 0 heterocycles. The minimum absolute atomic E-state index is 0.452. The zero-order valence-corrected chi connectivity index (χ0v) is 9.41. The van der Waals surface area contributed by atoms with Gasteiger partial charge in [-0.25, -0.2) is 0 Å². The quantitative estimate of drug-likeness (QED) is 0.640. The van der Waals surface area contributed by atoms with Gasteiger partial charge in [-0.15, -0.1) is 0 Å². The SMILES string of the molecule is O=C1CCC2=c3ccccc3=CCCC2C1. The third-order valence-electron chi connectivity index (χ3n) is 3.83. The van der Waals surface area contributed by atoms with E-state index in [0.717, 1.165) is 32.1 Å². The lowest BCUT2D eigenvalue weighted by molar-refractivity contribution is -0.120. The number of benzene rings is 1. The van der Waals surface area contributed by atoms with Crippen LogP contribution >= 0.6 is 0 Å². The molecule has 2 aliphatic carbocycles. The fourth-order valence-corrected chi connectivity index (χ4v) is 3.02. The normalized spacial score (nSPS) is 24.1. The largest absolute Gasteiger partial charge is 0.300 e. The first-order valence-electron chi connectivity index (χ1n) is 6.14. The third kappa shape index (κ3) is 1.60. The van der Waals surface area contributed by atoms with Crippen molar-refractivity contribution in [3.63, 3.8) is 0 Å². The molecule has 0 aliphatic heterocycles. The summed E-state index contributed by atoms with van der Waals surface area (Å²) >= 11 is 0. The van der Waals surface area contributed by atoms with E-state index in [1.807, 2.05) is 0 Å². The molecule has 1 heteroatoms. The first-order chi connectivity index (χ1) is 7.84. The molecule has 1 unspecified atom stereocenters. The van der Waals surface area contributed by atoms with Crippen molar-refractivity contribution >= 4 is 17.4 Å². The Balaban J connectivity index is 2.23. The van der Waals surface area contributed by atoms with Crippen molar-refractivity contribution in [2.45, 2.75) is 32.1 Å². The topological polar surface area (TPSA) is 17.1 Å². The van der Waals surface area contributed by atoms with Crippen LogP contribution in [0.5, 0.6) is 0 Å². The highest BCUT2D eigenvalue weighted by molar-refractivity contribution is 5.84. The molecule has 0 bridgehead atoms. The maximum atomic E-state index is 11.5. The predicted molar refractivity (Wildman–Crippen MR) is 65.1 cm³/mol. The van der Waals surface area contributed by atoms with Gasteiger partial charge < -0.3 is 0 Å². The Morgan fingerprint density at radius 2 is 2.00 bits per heavy atom. The van der Waals surface area contributed by atoms with Gasteiger partial charge in [0.05, 0.1) is 0 Å². The molecule has 0 saturated heterocycles. The zero-order chi connectivity index (χ0) is 11.0. The van der Waals surface area contributed by atoms with Gasteiger partial charge in [0.1, 0.15) is 5.78 Å². The number of hydrogen-bond donors (Lipinski definition) is 0. The molecule has 0 spiro atoms. The molecule has 0 radical (unpaired) electrons. The Hall–Kier alpha value is -1.37. The summed E-state index contributed by atoms with van der Waals surface area (Å²) in [5.74, 6) is 0.967. The molecule has 1 saturated carbocycles. The predicted octanol–water partition coefficient (Wildman–Crippen LogP) is 1.78. The lowest BCUT2D eigenvalue weighted by Gasteiger charge is -2.23. The van der Waals surface area contributed by atoms with Crippen LogP contribution < -0.4 is 10.4 Å². The highest BCUT2D eigenvalue weighted by Gasteiger charge is 2.24. The molecule has 1 atom stereocenters. The summed E-state index contributed by atoms with van der Waals surface area (Å²) in [5.41, 5.74) is 1.53. The van der Waals surface area contributed by atoms with Crippen LogP contribution in [0.3, 0.4) is 0 Å². The average Bonchev–Trinajstić information content (AvgIpc) is 2.47. The second kappa shape index (κ2) is 3.89. The molecule has 1 aromatic carbocycles. The monoisotopic (exact) mass is 212 g/mol. The standard InChI is InChI=1S/C15H16O/c16-13-8-9-15-12(10-13)6-3-5-11-4-1-2-7-14(11)15/h1-2,4-5,7,12H,3,6,8-10H2. The fraction of sp³-hybridized carbons (Fsp3) is 0.400. The van der Waals surface area contributed by atoms with Crippen molar-refractivity contribution in [3.05, 3.63) is 34.7 Å². The minimum Gasteiger partial charge on any atom is -0.300 e. The molecular weight excluding hydrogens is 196 g/mol. The van der Waals surface area contributed by atoms with Crippen molar-refractivity contribution < 1.29 is 4.79 Å². The van der Waals surface area contributed by atoms with E-state index in [2.05, 4.69) is 30.3 Å². The fourth-order valence-electron chi connectivity index (χ4n) is 3.02. The Morgan fingerprint density at radius 1 is 1.12 bits per heavy atom. The van der Waals surface area contributed by atoms with Crippen LogP contribution in [0.15, 0.2) is 24.3 Å². The van der Waals surface area contributed by atoms with E-state index in [9.17, 15) is 4.79 Å². The van der Waals surface area contributed by atoms with Crippen molar-refractivity contribution in [3.8, 4) is 0 Å². The number of carbonyl (C=O) groups is 1. The van der Waals surface area contributed by atoms with Gasteiger partial charge in [0.25, 0.3) is 0 Å². The summed E-state index contributed by atoms with van der Waals surface area (Å²) in [4.78, 5) is 11.5. The van der Waals surface area contributed by atoms with Gasteiger partial charge in [0, 0.05) is 12.8 Å². The smallest absolute Gasteiger partial charge is 0.133 e. The van der Waals surface area contributed by atoms with E-state index < -0.39 is 0 Å². The summed E-state index contributed by atoms with van der Waals surface area (Å²) in [6, 6.07) is 8.62. The molecule has 0 amide bonds. The number of rotatable bonds is 0. The first kappa shape index (κ1) is 9.83. The number of hydrogen-bond acceptors (Lipinski definition) is 1. The van der Waals surface area contributed by atoms with Crippen molar-refractivity contribution in [2.75, 3.05) is 0 Å². The molecule has 1 nitrogen and oxygen atoms in total. The van der Waals surface area contributed by atoms with Crippen LogP contribution in [0.1, 0.15) is 32.1 Å². The summed E-state index contributed by atoms with van der Waals surface area (Å²) in [5, 5.41) is 2.77. The maximum absolute atomic E-state index is 11.5. The van der Waals surface area contributed by atoms with Crippen LogP contribution in [-0.2, 0) is 4.79 Å². The molecule has 1 fully saturated rings. The van der Waals surface area contributed by atoms with Crippen LogP contribution in [0.2, 0.25) is 0 Å². The van der Waals surface area contributed by atoms with E-state index in [4.69, 9.17) is 0 Å². The number of ketones is 1. The average molecular weight is 212 g/mol. The van der Waals surface area contributed by atoms with E-state index in [1.54, 1.807) is 0 Å². The summed E-state index contributed by atoms with van der Waals surface area (Å²) in [6.45, 7) is 0. The van der Waals surface area contributed by atoms with Crippen LogP contribution in [0.4, 0.5) is 0 Å². The molecule has 1 aromatic rings. The molecular formula is C15H16O. The molecule has 82 valence electrons. The zero-order valence-electron chi connectivity index (χ0n) is 9.41. The van der Waals surface area contributed by atoms with Gasteiger partial charge in [-0.2, -0.15) is 0 Å². The second-order valence-corrected chi connectivity index (χ2v) is 4.83. The van der Waals surface area contributed by atoms with Gasteiger partial charge >= 0.3 is 0 Å². The Morgan fingerprint density at radius 3 is 2.94 bits per heavy atom. The van der Waals surface area contributed by atoms with E-state index in [1.165, 1.54) is 16.0 Å². The lowest BCUT2D eigenvalue weighted by atomic mass is 9.80. The van der Waals surface area contributed by atoms with Crippen LogP contribution in [0, 0.1) is 5.92 Å². The van der Waals surface area contributed by atoms with Gasteiger partial charge in [0.15, 0.2) is 0 Å². The summed E-state index contributed by atoms with van der Waals surface area (Å²) in [6.07, 6.45) is 7.09. The Kier molecular flexibility index (Phi) is 2.39. The second-order valence-electron chi connectivity index (χ2n) is 4.83. The van der Waals surface area contributed by atoms with Crippen molar-refractivity contribution in [2.24, 2.45) is 5.92 Å². The molecule has 3 rings (SSSR count). The lowest BCUT2D eigenvalue weighted by Crippen LogP contribution is -2.30. The van der Waals surface area contributed by atoms with Gasteiger partial charge in [-0.1, -0.05) is 35.9 Å².